The molecule has 0 saturated carbocycles. The van der Waals surface area contributed by atoms with Crippen LogP contribution in [-0.2, 0) is 0 Å². The Hall–Kier alpha value is -3.15. The van der Waals surface area contributed by atoms with Gasteiger partial charge in [0.2, 0.25) is 11.3 Å². The number of phenols is 1. The number of aromatic hydroxyl groups is 1. The van der Waals surface area contributed by atoms with Crippen LogP contribution in [-0.4, -0.2) is 20.1 Å². The minimum atomic E-state index is -0.406. The molecule has 0 fully saturated rings. The molecular weight excluding hydrogens is 270 g/mol. The lowest BCUT2D eigenvalue weighted by atomic mass is 10.2. The van der Waals surface area contributed by atoms with E-state index in [0.29, 0.717) is 22.2 Å². The average molecular weight is 279 g/mol. The molecule has 4 rings (SSSR count). The van der Waals surface area contributed by atoms with Gasteiger partial charge in [-0.15, -0.1) is 0 Å². The molecule has 0 radical (unpaired) electrons. The van der Waals surface area contributed by atoms with Crippen LogP contribution < -0.4 is 5.56 Å². The number of rotatable bonds is 1. The minimum absolute atomic E-state index is 0.0472. The van der Waals surface area contributed by atoms with E-state index in [-0.39, 0.29) is 17.2 Å². The van der Waals surface area contributed by atoms with Gasteiger partial charge in [0.05, 0.1) is 10.9 Å². The maximum absolute atomic E-state index is 12.2. The summed E-state index contributed by atoms with van der Waals surface area (Å²) in [5, 5.41) is 10.6. The second-order valence-electron chi connectivity index (χ2n) is 4.57. The Bertz CT molecular complexity index is 1030. The van der Waals surface area contributed by atoms with Crippen LogP contribution in [0.25, 0.3) is 33.6 Å². The molecule has 0 aliphatic heterocycles. The second-order valence-corrected chi connectivity index (χ2v) is 4.57. The number of nitrogens with zero attached hydrogens (tertiary/aromatic N) is 2. The quantitative estimate of drug-likeness (QED) is 0.558. The molecule has 0 amide bonds. The Balaban J connectivity index is 2.11. The summed E-state index contributed by atoms with van der Waals surface area (Å²) in [6.45, 7) is 0. The van der Waals surface area contributed by atoms with Crippen LogP contribution in [0.15, 0.2) is 51.8 Å². The van der Waals surface area contributed by atoms with Crippen LogP contribution >= 0.6 is 0 Å². The summed E-state index contributed by atoms with van der Waals surface area (Å²) in [5.74, 6) is 0.336. The first-order chi connectivity index (χ1) is 10.2. The first-order valence-electron chi connectivity index (χ1n) is 6.30. The first kappa shape index (κ1) is 11.7. The fourth-order valence-corrected chi connectivity index (χ4v) is 2.29. The molecule has 21 heavy (non-hydrogen) atoms. The lowest BCUT2D eigenvalue weighted by molar-refractivity contribution is 0.477. The van der Waals surface area contributed by atoms with Gasteiger partial charge in [-0.05, 0) is 24.3 Å². The molecule has 0 unspecified atom stereocenters. The van der Waals surface area contributed by atoms with Crippen molar-refractivity contribution in [2.75, 3.05) is 0 Å². The van der Waals surface area contributed by atoms with E-state index in [1.54, 1.807) is 36.5 Å². The smallest absolute Gasteiger partial charge is 0.294 e. The molecule has 3 heterocycles. The summed E-state index contributed by atoms with van der Waals surface area (Å²) in [5.41, 5.74) is 0.967. The van der Waals surface area contributed by atoms with E-state index in [1.165, 1.54) is 6.07 Å². The number of para-hydroxylation sites is 1. The fraction of sp³-hybridized carbons (Fsp3) is 0. The zero-order chi connectivity index (χ0) is 14.4. The van der Waals surface area contributed by atoms with Gasteiger partial charge in [0.1, 0.15) is 17.1 Å². The van der Waals surface area contributed by atoms with E-state index in [0.717, 1.165) is 0 Å². The molecular formula is C15H9N3O3. The number of furan rings is 1. The van der Waals surface area contributed by atoms with Crippen molar-refractivity contribution in [3.05, 3.63) is 52.9 Å². The molecule has 1 aromatic carbocycles. The molecule has 6 nitrogen and oxygen atoms in total. The number of fused-ring (bicyclic) bond motifs is 3. The first-order valence-corrected chi connectivity index (χ1v) is 6.30. The molecule has 0 aliphatic carbocycles. The molecule has 6 heteroatoms. The summed E-state index contributed by atoms with van der Waals surface area (Å²) in [6.07, 6.45) is 1.59. The molecule has 2 N–H and O–H groups in total. The summed E-state index contributed by atoms with van der Waals surface area (Å²) >= 11 is 0. The van der Waals surface area contributed by atoms with Crippen molar-refractivity contribution in [3.8, 4) is 17.1 Å². The Morgan fingerprint density at radius 2 is 2.00 bits per heavy atom. The number of hydrogen-bond donors (Lipinski definition) is 2. The fourth-order valence-electron chi connectivity index (χ4n) is 2.29. The van der Waals surface area contributed by atoms with Gasteiger partial charge in [0.15, 0.2) is 0 Å². The molecule has 0 atom stereocenters. The number of benzene rings is 1. The monoisotopic (exact) mass is 279 g/mol. The Morgan fingerprint density at radius 1 is 1.14 bits per heavy atom. The number of hydrogen-bond acceptors (Lipinski definition) is 5. The van der Waals surface area contributed by atoms with Gasteiger partial charge < -0.3 is 14.5 Å². The molecule has 102 valence electrons. The lowest BCUT2D eigenvalue weighted by Gasteiger charge is -2.02. The van der Waals surface area contributed by atoms with Crippen LogP contribution in [0.4, 0.5) is 0 Å². The molecule has 4 aromatic rings. The number of nitrogens with one attached hydrogen (secondary N) is 1. The van der Waals surface area contributed by atoms with Crippen molar-refractivity contribution in [2.24, 2.45) is 0 Å². The van der Waals surface area contributed by atoms with Crippen molar-refractivity contribution < 1.29 is 9.52 Å². The van der Waals surface area contributed by atoms with Crippen molar-refractivity contribution in [3.63, 3.8) is 0 Å². The third-order valence-corrected chi connectivity index (χ3v) is 3.26. The Morgan fingerprint density at radius 3 is 2.86 bits per heavy atom. The largest absolute Gasteiger partial charge is 0.507 e. The molecule has 0 saturated heterocycles. The maximum Gasteiger partial charge on any atom is 0.294 e. The van der Waals surface area contributed by atoms with E-state index < -0.39 is 5.56 Å². The van der Waals surface area contributed by atoms with E-state index in [2.05, 4.69) is 15.0 Å². The normalized spacial score (nSPS) is 11.2. The second kappa shape index (κ2) is 4.17. The third kappa shape index (κ3) is 1.69. The molecule has 0 aliphatic rings. The van der Waals surface area contributed by atoms with Crippen LogP contribution in [0, 0.1) is 0 Å². The highest BCUT2D eigenvalue weighted by Crippen LogP contribution is 2.28. The van der Waals surface area contributed by atoms with Gasteiger partial charge >= 0.3 is 0 Å². The Labute approximate surface area is 117 Å². The standard InChI is InChI=1S/C15H9N3O3/c19-10-6-2-1-4-8(10)13-17-11-9-5-3-7-16-15(9)21-12(11)14(20)18-13/h1-7,19H,(H,17,18,20). The number of H-pyrrole nitrogens is 1. The van der Waals surface area contributed by atoms with E-state index in [1.807, 2.05) is 0 Å². The van der Waals surface area contributed by atoms with Gasteiger partial charge in [-0.1, -0.05) is 12.1 Å². The van der Waals surface area contributed by atoms with Crippen LogP contribution in [0.5, 0.6) is 5.75 Å². The highest BCUT2D eigenvalue weighted by atomic mass is 16.3. The number of aromatic nitrogens is 3. The minimum Gasteiger partial charge on any atom is -0.507 e. The van der Waals surface area contributed by atoms with E-state index in [4.69, 9.17) is 4.42 Å². The van der Waals surface area contributed by atoms with Gasteiger partial charge in [-0.25, -0.2) is 9.97 Å². The number of phenolic OH excluding ortho intramolecular Hbond substituents is 1. The third-order valence-electron chi connectivity index (χ3n) is 3.26. The van der Waals surface area contributed by atoms with Gasteiger partial charge in [-0.2, -0.15) is 0 Å². The molecule has 0 spiro atoms. The number of pyridine rings is 1. The van der Waals surface area contributed by atoms with Crippen molar-refractivity contribution in [1.82, 2.24) is 15.0 Å². The summed E-state index contributed by atoms with van der Waals surface area (Å²) < 4.78 is 5.42. The summed E-state index contributed by atoms with van der Waals surface area (Å²) in [4.78, 5) is 23.3. The highest BCUT2D eigenvalue weighted by Gasteiger charge is 2.15. The van der Waals surface area contributed by atoms with Gasteiger partial charge in [0, 0.05) is 6.20 Å². The summed E-state index contributed by atoms with van der Waals surface area (Å²) in [6, 6.07) is 10.2. The van der Waals surface area contributed by atoms with Gasteiger partial charge in [0.25, 0.3) is 5.56 Å². The predicted molar refractivity (Wildman–Crippen MR) is 77.0 cm³/mol. The maximum atomic E-state index is 12.2. The topological polar surface area (TPSA) is 92.0 Å². The van der Waals surface area contributed by atoms with Crippen LogP contribution in [0.3, 0.4) is 0 Å². The zero-order valence-corrected chi connectivity index (χ0v) is 10.7. The Kier molecular flexibility index (Phi) is 2.32. The average Bonchev–Trinajstić information content (AvgIpc) is 2.87. The molecule has 3 aromatic heterocycles. The lowest BCUT2D eigenvalue weighted by Crippen LogP contribution is -2.08. The molecule has 0 bridgehead atoms. The highest BCUT2D eigenvalue weighted by molar-refractivity contribution is 6.00. The van der Waals surface area contributed by atoms with Gasteiger partial charge in [-0.3, -0.25) is 4.79 Å². The number of aromatic amines is 1. The van der Waals surface area contributed by atoms with Crippen molar-refractivity contribution >= 4 is 22.2 Å². The zero-order valence-electron chi connectivity index (χ0n) is 10.7. The van der Waals surface area contributed by atoms with Crippen molar-refractivity contribution in [2.45, 2.75) is 0 Å². The predicted octanol–water partition coefficient (Wildman–Crippen LogP) is 2.44. The van der Waals surface area contributed by atoms with Crippen LogP contribution in [0.1, 0.15) is 0 Å². The SMILES string of the molecule is O=c1[nH]c(-c2ccccc2O)nc2c1oc1ncccc12. The van der Waals surface area contributed by atoms with E-state index >= 15 is 0 Å². The van der Waals surface area contributed by atoms with Crippen LogP contribution in [0.2, 0.25) is 0 Å². The van der Waals surface area contributed by atoms with Crippen molar-refractivity contribution in [1.29, 1.82) is 0 Å². The van der Waals surface area contributed by atoms with E-state index in [9.17, 15) is 9.90 Å². The summed E-state index contributed by atoms with van der Waals surface area (Å²) in [7, 11) is 0.